The highest BCUT2D eigenvalue weighted by Gasteiger charge is 2.73. The van der Waals surface area contributed by atoms with Crippen LogP contribution < -0.4 is 9.46 Å². The number of ether oxygens (including phenoxy) is 1. The molecule has 4 atom stereocenters. The molecule has 2 amide bonds. The summed E-state index contributed by atoms with van der Waals surface area (Å²) in [6.45, 7) is 4.40. The summed E-state index contributed by atoms with van der Waals surface area (Å²) in [6, 6.07) is 17.5. The predicted molar refractivity (Wildman–Crippen MR) is 193 cm³/mol. The standard InChI is InChI=1S/C40H43FN4O5S/c1-39-22-43(2)20-34(39)45(39)38(47)40-19-31(40)30-18-27(50-3)14-16-28(30)36-35(24-9-5-4-6-10-24)29-15-13-25(17-33(29)44(36)23-40)37(46)42-51(48,49)21-26-11-7-8-12-32(26)41/h7-8,11-18,24,31,34H,4-6,9-10,19-23H2,1-3H3,(H,42,46). The van der Waals surface area contributed by atoms with Gasteiger partial charge in [0.2, 0.25) is 15.9 Å². The molecular formula is C40H43FN4O5S. The summed E-state index contributed by atoms with van der Waals surface area (Å²) in [5.41, 5.74) is 4.77. The van der Waals surface area contributed by atoms with E-state index in [1.54, 1.807) is 25.3 Å². The Balaban J connectivity index is 1.17. The molecule has 3 aromatic carbocycles. The van der Waals surface area contributed by atoms with Gasteiger partial charge >= 0.3 is 0 Å². The number of benzene rings is 3. The zero-order valence-electron chi connectivity index (χ0n) is 29.2. The number of halogens is 1. The van der Waals surface area contributed by atoms with Crippen LogP contribution in [0.2, 0.25) is 0 Å². The number of carbonyl (C=O) groups excluding carboxylic acids is 2. The second-order valence-electron chi connectivity index (χ2n) is 15.8. The fourth-order valence-electron chi connectivity index (χ4n) is 9.96. The van der Waals surface area contributed by atoms with Crippen molar-refractivity contribution in [3.8, 4) is 17.0 Å². The van der Waals surface area contributed by atoms with Crippen LogP contribution in [0.5, 0.6) is 5.75 Å². The number of likely N-dealkylation sites (N-methyl/N-ethyl adjacent to an activating group) is 1. The van der Waals surface area contributed by atoms with Gasteiger partial charge in [0, 0.05) is 53.1 Å². The maximum Gasteiger partial charge on any atom is 0.264 e. The maximum absolute atomic E-state index is 14.8. The quantitative estimate of drug-likeness (QED) is 0.231. The largest absolute Gasteiger partial charge is 0.497 e. The molecule has 3 aliphatic heterocycles. The van der Waals surface area contributed by atoms with Crippen molar-refractivity contribution in [2.75, 3.05) is 27.2 Å². The third-order valence-electron chi connectivity index (χ3n) is 12.6. The second kappa shape index (κ2) is 11.4. The third kappa shape index (κ3) is 5.05. The molecule has 1 N–H and O–H groups in total. The van der Waals surface area contributed by atoms with Crippen molar-refractivity contribution in [1.29, 1.82) is 0 Å². The van der Waals surface area contributed by atoms with Gasteiger partial charge in [0.25, 0.3) is 5.91 Å². The maximum atomic E-state index is 14.8. The van der Waals surface area contributed by atoms with E-state index in [9.17, 15) is 22.4 Å². The Kier molecular flexibility index (Phi) is 7.30. The van der Waals surface area contributed by atoms with Gasteiger partial charge in [-0.25, -0.2) is 17.5 Å². The molecule has 4 aromatic rings. The number of aromatic nitrogens is 1. The molecule has 0 bridgehead atoms. The lowest BCUT2D eigenvalue weighted by atomic mass is 9.81. The fraction of sp³-hybridized carbons (Fsp3) is 0.450. The summed E-state index contributed by atoms with van der Waals surface area (Å²) >= 11 is 0. The molecule has 11 heteroatoms. The fourth-order valence-corrected chi connectivity index (χ4v) is 11.1. The van der Waals surface area contributed by atoms with Gasteiger partial charge in [0.1, 0.15) is 11.6 Å². The van der Waals surface area contributed by atoms with Crippen LogP contribution in [0.25, 0.3) is 22.2 Å². The number of rotatable bonds is 7. The number of amides is 2. The number of hydrogen-bond acceptors (Lipinski definition) is 6. The Hall–Kier alpha value is -4.22. The molecule has 1 aromatic heterocycles. The Labute approximate surface area is 297 Å². The molecular weight excluding hydrogens is 668 g/mol. The van der Waals surface area contributed by atoms with Gasteiger partial charge in [0.15, 0.2) is 0 Å². The summed E-state index contributed by atoms with van der Waals surface area (Å²) in [5, 5.41) is 1.03. The predicted octanol–water partition coefficient (Wildman–Crippen LogP) is 6.17. The van der Waals surface area contributed by atoms with Crippen LogP contribution in [0.3, 0.4) is 0 Å². The molecule has 2 saturated heterocycles. The minimum absolute atomic E-state index is 0.0115. The van der Waals surface area contributed by atoms with Crippen molar-refractivity contribution in [2.45, 2.75) is 81.2 Å². The minimum atomic E-state index is -4.19. The van der Waals surface area contributed by atoms with Gasteiger partial charge in [0.05, 0.1) is 35.6 Å². The number of likely N-dealkylation sites (tertiary alicyclic amines) is 1. The Morgan fingerprint density at radius 2 is 1.80 bits per heavy atom. The lowest BCUT2D eigenvalue weighted by Gasteiger charge is -2.25. The summed E-state index contributed by atoms with van der Waals surface area (Å²) < 4.78 is 50.7. The first-order valence-corrected chi connectivity index (χ1v) is 19.7. The topological polar surface area (TPSA) is 101 Å². The van der Waals surface area contributed by atoms with Crippen LogP contribution in [0.15, 0.2) is 60.7 Å². The van der Waals surface area contributed by atoms with E-state index in [1.165, 1.54) is 30.2 Å². The normalized spacial score (nSPS) is 26.9. The number of piperazine rings is 1. The highest BCUT2D eigenvalue weighted by molar-refractivity contribution is 7.89. The van der Waals surface area contributed by atoms with E-state index in [1.807, 2.05) is 12.1 Å². The number of carbonyl (C=O) groups is 2. The van der Waals surface area contributed by atoms with Crippen molar-refractivity contribution < 1.29 is 27.1 Å². The van der Waals surface area contributed by atoms with E-state index in [0.717, 1.165) is 78.7 Å². The zero-order valence-corrected chi connectivity index (χ0v) is 30.1. The number of sulfonamides is 1. The monoisotopic (exact) mass is 710 g/mol. The first-order valence-electron chi connectivity index (χ1n) is 18.1. The molecule has 9 nitrogen and oxygen atoms in total. The molecule has 5 aliphatic rings. The molecule has 0 spiro atoms. The van der Waals surface area contributed by atoms with Crippen LogP contribution in [0.1, 0.15) is 84.3 Å². The Morgan fingerprint density at radius 1 is 1.02 bits per heavy atom. The first-order chi connectivity index (χ1) is 24.4. The van der Waals surface area contributed by atoms with Crippen LogP contribution in [-0.2, 0) is 27.1 Å². The average molecular weight is 711 g/mol. The van der Waals surface area contributed by atoms with Gasteiger partial charge < -0.3 is 19.1 Å². The zero-order chi connectivity index (χ0) is 35.4. The van der Waals surface area contributed by atoms with E-state index in [0.29, 0.717) is 12.5 Å². The van der Waals surface area contributed by atoms with Crippen molar-refractivity contribution in [2.24, 2.45) is 5.41 Å². The van der Waals surface area contributed by atoms with E-state index in [4.69, 9.17) is 4.74 Å². The van der Waals surface area contributed by atoms with Gasteiger partial charge in [-0.3, -0.25) is 9.59 Å². The van der Waals surface area contributed by atoms with Crippen LogP contribution >= 0.6 is 0 Å². The molecule has 2 saturated carbocycles. The first kappa shape index (κ1) is 32.7. The van der Waals surface area contributed by atoms with Gasteiger partial charge in [-0.15, -0.1) is 0 Å². The van der Waals surface area contributed by atoms with Gasteiger partial charge in [-0.1, -0.05) is 43.5 Å². The molecule has 0 radical (unpaired) electrons. The van der Waals surface area contributed by atoms with Crippen molar-refractivity contribution in [1.82, 2.24) is 19.1 Å². The van der Waals surface area contributed by atoms with E-state index < -0.39 is 32.9 Å². The molecule has 4 fully saturated rings. The van der Waals surface area contributed by atoms with Gasteiger partial charge in [-0.05, 0) is 86.7 Å². The molecule has 266 valence electrons. The molecule has 2 aliphatic carbocycles. The second-order valence-corrected chi connectivity index (χ2v) is 17.5. The molecule has 4 unspecified atom stereocenters. The lowest BCUT2D eigenvalue weighted by Crippen LogP contribution is -2.38. The number of hydrogen-bond donors (Lipinski definition) is 1. The van der Waals surface area contributed by atoms with E-state index >= 15 is 0 Å². The highest BCUT2D eigenvalue weighted by atomic mass is 32.2. The summed E-state index contributed by atoms with van der Waals surface area (Å²) in [5.74, 6) is -0.765. The van der Waals surface area contributed by atoms with E-state index in [2.05, 4.69) is 45.2 Å². The number of nitrogens with zero attached hydrogens (tertiary/aromatic N) is 3. The molecule has 9 rings (SSSR count). The summed E-state index contributed by atoms with van der Waals surface area (Å²) in [7, 11) is -0.414. The number of fused-ring (bicyclic) bond motifs is 8. The van der Waals surface area contributed by atoms with Crippen molar-refractivity contribution in [3.63, 3.8) is 0 Å². The smallest absolute Gasteiger partial charge is 0.264 e. The van der Waals surface area contributed by atoms with Crippen LogP contribution in [0.4, 0.5) is 4.39 Å². The average Bonchev–Trinajstić information content (AvgIpc) is 3.90. The van der Waals surface area contributed by atoms with Crippen LogP contribution in [0, 0.1) is 11.2 Å². The highest BCUT2D eigenvalue weighted by Crippen LogP contribution is 2.68. The van der Waals surface area contributed by atoms with Gasteiger partial charge in [-0.2, -0.15) is 0 Å². The lowest BCUT2D eigenvalue weighted by molar-refractivity contribution is -0.134. The Morgan fingerprint density at radius 3 is 2.53 bits per heavy atom. The van der Waals surface area contributed by atoms with Crippen molar-refractivity contribution in [3.05, 3.63) is 88.7 Å². The third-order valence-corrected chi connectivity index (χ3v) is 13.8. The summed E-state index contributed by atoms with van der Waals surface area (Å²) in [6.07, 6.45) is 6.33. The minimum Gasteiger partial charge on any atom is -0.497 e. The van der Waals surface area contributed by atoms with Crippen molar-refractivity contribution >= 4 is 32.7 Å². The Bertz CT molecular complexity index is 2250. The number of nitrogens with one attached hydrogen (secondary N) is 1. The van der Waals surface area contributed by atoms with Crippen LogP contribution in [-0.4, -0.2) is 73.4 Å². The SMILES string of the molecule is COc1ccc2c(c1)C1CC1(C(=O)N1C3CN(C)CC31C)Cn1c-2c(C2CCCCC2)c2ccc(C(=O)NS(=O)(=O)Cc3ccccc3F)cc21. The number of methoxy groups -OCH3 is 1. The molecule has 51 heavy (non-hydrogen) atoms. The summed E-state index contributed by atoms with van der Waals surface area (Å²) in [4.78, 5) is 32.9. The van der Waals surface area contributed by atoms with E-state index in [-0.39, 0.29) is 34.5 Å². The molecule has 4 heterocycles.